The lowest BCUT2D eigenvalue weighted by Gasteiger charge is -2.31. The van der Waals surface area contributed by atoms with Crippen LogP contribution in [0.15, 0.2) is 59.8 Å². The van der Waals surface area contributed by atoms with Crippen LogP contribution in [0.5, 0.6) is 0 Å². The number of amides is 1. The highest BCUT2D eigenvalue weighted by Crippen LogP contribution is 2.29. The molecule has 0 spiro atoms. The molecule has 0 atom stereocenters. The van der Waals surface area contributed by atoms with Crippen LogP contribution in [0.2, 0.25) is 0 Å². The minimum absolute atomic E-state index is 0.0821. The van der Waals surface area contributed by atoms with Crippen molar-refractivity contribution in [3.8, 4) is 17.1 Å². The minimum atomic E-state index is -0.136. The van der Waals surface area contributed by atoms with Crippen LogP contribution in [0, 0.1) is 12.8 Å². The summed E-state index contributed by atoms with van der Waals surface area (Å²) in [6.07, 6.45) is 2.60. The number of esters is 1. The monoisotopic (exact) mass is 492 g/mol. The largest absolute Gasteiger partial charge is 0.466 e. The van der Waals surface area contributed by atoms with Crippen molar-refractivity contribution in [2.45, 2.75) is 44.7 Å². The molecule has 1 aliphatic heterocycles. The fourth-order valence-corrected chi connectivity index (χ4v) is 5.20. The number of hydrogen-bond donors (Lipinski definition) is 0. The first-order chi connectivity index (χ1) is 17.1. The molecule has 7 nitrogen and oxygen atoms in total. The van der Waals surface area contributed by atoms with E-state index < -0.39 is 0 Å². The summed E-state index contributed by atoms with van der Waals surface area (Å²) < 4.78 is 7.21. The lowest BCUT2D eigenvalue weighted by molar-refractivity contribution is -0.151. The maximum absolute atomic E-state index is 12.7. The van der Waals surface area contributed by atoms with Gasteiger partial charge >= 0.3 is 5.97 Å². The highest BCUT2D eigenvalue weighted by atomic mass is 32.2. The molecule has 0 unspecified atom stereocenters. The summed E-state index contributed by atoms with van der Waals surface area (Å²) in [6.45, 7) is 5.54. The molecule has 2 heterocycles. The number of likely N-dealkylation sites (tertiary alicyclic amines) is 1. The number of carbonyl (C=O) groups excluding carboxylic acids is 2. The molecule has 3 aromatic rings. The summed E-state index contributed by atoms with van der Waals surface area (Å²) in [5, 5.41) is 9.79. The molecule has 0 saturated carbocycles. The molecule has 1 aliphatic rings. The Morgan fingerprint density at radius 2 is 1.83 bits per heavy atom. The second-order valence-corrected chi connectivity index (χ2v) is 9.77. The molecular formula is C27H32N4O3S. The third-order valence-electron chi connectivity index (χ3n) is 6.16. The Morgan fingerprint density at radius 3 is 2.54 bits per heavy atom. The molecule has 35 heavy (non-hydrogen) atoms. The van der Waals surface area contributed by atoms with E-state index in [0.29, 0.717) is 39.0 Å². The van der Waals surface area contributed by atoms with Gasteiger partial charge in [-0.1, -0.05) is 54.2 Å². The average molecular weight is 493 g/mol. The molecular weight excluding hydrogens is 460 g/mol. The SMILES string of the molecule is CCOC(=O)C1CCN(C(=O)CCCSc2nnc(-c3ccccc3)n2-c2cccc(C)c2)CC1. The fourth-order valence-electron chi connectivity index (χ4n) is 4.31. The van der Waals surface area contributed by atoms with Crippen LogP contribution in [-0.2, 0) is 14.3 Å². The number of aryl methyl sites for hydroxylation is 1. The third kappa shape index (κ3) is 6.31. The standard InChI is InChI=1S/C27H32N4O3S/c1-3-34-26(33)22-14-16-30(17-15-22)24(32)13-8-18-35-27-29-28-25(21-10-5-4-6-11-21)31(27)23-12-7-9-20(2)19-23/h4-7,9-12,19,22H,3,8,13-18H2,1-2H3. The summed E-state index contributed by atoms with van der Waals surface area (Å²) in [6, 6.07) is 18.4. The van der Waals surface area contributed by atoms with Crippen molar-refractivity contribution in [1.29, 1.82) is 0 Å². The van der Waals surface area contributed by atoms with Gasteiger partial charge in [0, 0.05) is 36.5 Å². The number of thioether (sulfide) groups is 1. The number of benzene rings is 2. The summed E-state index contributed by atoms with van der Waals surface area (Å²) in [5.74, 6) is 1.51. The van der Waals surface area contributed by atoms with Gasteiger partial charge in [-0.15, -0.1) is 10.2 Å². The fraction of sp³-hybridized carbons (Fsp3) is 0.407. The van der Waals surface area contributed by atoms with Crippen LogP contribution >= 0.6 is 11.8 Å². The number of carbonyl (C=O) groups is 2. The second-order valence-electron chi connectivity index (χ2n) is 8.71. The summed E-state index contributed by atoms with van der Waals surface area (Å²) in [7, 11) is 0. The van der Waals surface area contributed by atoms with Crippen molar-refractivity contribution >= 4 is 23.6 Å². The highest BCUT2D eigenvalue weighted by molar-refractivity contribution is 7.99. The Balaban J connectivity index is 1.35. The summed E-state index contributed by atoms with van der Waals surface area (Å²) in [5.41, 5.74) is 3.20. The second kappa shape index (κ2) is 12.0. The molecule has 0 aliphatic carbocycles. The first-order valence-corrected chi connectivity index (χ1v) is 13.2. The van der Waals surface area contributed by atoms with Gasteiger partial charge in [0.15, 0.2) is 11.0 Å². The van der Waals surface area contributed by atoms with Gasteiger partial charge in [0.2, 0.25) is 5.91 Å². The Hall–Kier alpha value is -3.13. The van der Waals surface area contributed by atoms with E-state index in [4.69, 9.17) is 4.74 Å². The lowest BCUT2D eigenvalue weighted by Crippen LogP contribution is -2.40. The number of nitrogens with zero attached hydrogens (tertiary/aromatic N) is 4. The minimum Gasteiger partial charge on any atom is -0.466 e. The summed E-state index contributed by atoms with van der Waals surface area (Å²) in [4.78, 5) is 26.5. The van der Waals surface area contributed by atoms with Gasteiger partial charge in [-0.25, -0.2) is 0 Å². The predicted octanol–water partition coefficient (Wildman–Crippen LogP) is 4.92. The molecule has 4 rings (SSSR count). The Bertz CT molecular complexity index is 1140. The molecule has 2 aromatic carbocycles. The maximum Gasteiger partial charge on any atom is 0.309 e. The zero-order chi connectivity index (χ0) is 24.6. The van der Waals surface area contributed by atoms with Crippen LogP contribution < -0.4 is 0 Å². The van der Waals surface area contributed by atoms with E-state index in [2.05, 4.69) is 39.9 Å². The Kier molecular flexibility index (Phi) is 8.58. The average Bonchev–Trinajstić information content (AvgIpc) is 3.31. The maximum atomic E-state index is 12.7. The van der Waals surface area contributed by atoms with Crippen molar-refractivity contribution in [3.63, 3.8) is 0 Å². The molecule has 0 radical (unpaired) electrons. The number of ether oxygens (including phenoxy) is 1. The first kappa shape index (κ1) is 25.0. The molecule has 1 fully saturated rings. The molecule has 1 amide bonds. The van der Waals surface area contributed by atoms with Crippen LogP contribution in [0.25, 0.3) is 17.1 Å². The third-order valence-corrected chi connectivity index (χ3v) is 7.17. The molecule has 1 aromatic heterocycles. The van der Waals surface area contributed by atoms with E-state index in [1.165, 1.54) is 5.56 Å². The summed E-state index contributed by atoms with van der Waals surface area (Å²) >= 11 is 1.62. The van der Waals surface area contributed by atoms with Crippen molar-refractivity contribution in [3.05, 3.63) is 60.2 Å². The van der Waals surface area contributed by atoms with E-state index in [1.807, 2.05) is 48.2 Å². The molecule has 1 saturated heterocycles. The van der Waals surface area contributed by atoms with Gasteiger partial charge in [-0.3, -0.25) is 14.2 Å². The molecule has 0 bridgehead atoms. The van der Waals surface area contributed by atoms with Gasteiger partial charge in [-0.05, 0) is 50.8 Å². The predicted molar refractivity (Wildman–Crippen MR) is 137 cm³/mol. The Morgan fingerprint density at radius 1 is 1.06 bits per heavy atom. The number of rotatable bonds is 9. The van der Waals surface area contributed by atoms with Crippen LogP contribution in [0.4, 0.5) is 0 Å². The number of hydrogen-bond acceptors (Lipinski definition) is 6. The van der Waals surface area contributed by atoms with Crippen molar-refractivity contribution < 1.29 is 14.3 Å². The smallest absolute Gasteiger partial charge is 0.309 e. The van der Waals surface area contributed by atoms with E-state index in [0.717, 1.165) is 34.4 Å². The zero-order valence-electron chi connectivity index (χ0n) is 20.4. The van der Waals surface area contributed by atoms with Gasteiger partial charge in [-0.2, -0.15) is 0 Å². The van der Waals surface area contributed by atoms with Gasteiger partial charge in [0.1, 0.15) is 0 Å². The molecule has 8 heteroatoms. The lowest BCUT2D eigenvalue weighted by atomic mass is 9.97. The van der Waals surface area contributed by atoms with E-state index >= 15 is 0 Å². The van der Waals surface area contributed by atoms with Crippen molar-refractivity contribution in [2.75, 3.05) is 25.4 Å². The molecule has 184 valence electrons. The van der Waals surface area contributed by atoms with E-state index in [-0.39, 0.29) is 17.8 Å². The zero-order valence-corrected chi connectivity index (χ0v) is 21.2. The Labute approximate surface area is 210 Å². The quantitative estimate of drug-likeness (QED) is 0.240. The first-order valence-electron chi connectivity index (χ1n) is 12.2. The van der Waals surface area contributed by atoms with Crippen molar-refractivity contribution in [1.82, 2.24) is 19.7 Å². The van der Waals surface area contributed by atoms with Crippen LogP contribution in [0.1, 0.15) is 38.2 Å². The number of piperidine rings is 1. The van der Waals surface area contributed by atoms with Crippen LogP contribution in [0.3, 0.4) is 0 Å². The normalized spacial score (nSPS) is 14.2. The highest BCUT2D eigenvalue weighted by Gasteiger charge is 2.28. The van der Waals surface area contributed by atoms with E-state index in [9.17, 15) is 9.59 Å². The molecule has 0 N–H and O–H groups in total. The van der Waals surface area contributed by atoms with Gasteiger partial charge < -0.3 is 9.64 Å². The van der Waals surface area contributed by atoms with Crippen LogP contribution in [-0.4, -0.2) is 57.0 Å². The van der Waals surface area contributed by atoms with Crippen molar-refractivity contribution in [2.24, 2.45) is 5.92 Å². The van der Waals surface area contributed by atoms with E-state index in [1.54, 1.807) is 11.8 Å². The topological polar surface area (TPSA) is 77.3 Å². The van der Waals surface area contributed by atoms with Gasteiger partial charge in [0.25, 0.3) is 0 Å². The number of aromatic nitrogens is 3. The van der Waals surface area contributed by atoms with Gasteiger partial charge in [0.05, 0.1) is 12.5 Å².